The molecule has 6 heteroatoms. The molecule has 0 heterocycles. The Morgan fingerprint density at radius 2 is 1.86 bits per heavy atom. The molecule has 0 aliphatic carbocycles. The maximum Gasteiger partial charge on any atom is 0.241 e. The van der Waals surface area contributed by atoms with Crippen LogP contribution in [0, 0.1) is 20.8 Å². The summed E-state index contributed by atoms with van der Waals surface area (Å²) in [7, 11) is -3.56. The molecule has 1 rings (SSSR count). The highest BCUT2D eigenvalue weighted by molar-refractivity contribution is 7.89. The molecule has 0 aliphatic heterocycles. The quantitative estimate of drug-likeness (QED) is 0.570. The Labute approximate surface area is 127 Å². The van der Waals surface area contributed by atoms with E-state index in [-0.39, 0.29) is 11.4 Å². The van der Waals surface area contributed by atoms with Crippen molar-refractivity contribution in [1.82, 2.24) is 4.72 Å². The SMILES string of the molecule is CCCCOCCNS(=O)(=O)c1c(C)cc(C)c(N)c1C. The Hall–Kier alpha value is -1.11. The summed E-state index contributed by atoms with van der Waals surface area (Å²) >= 11 is 0. The minimum Gasteiger partial charge on any atom is -0.398 e. The van der Waals surface area contributed by atoms with E-state index in [1.807, 2.05) is 6.92 Å². The summed E-state index contributed by atoms with van der Waals surface area (Å²) < 4.78 is 32.7. The number of anilines is 1. The fourth-order valence-electron chi connectivity index (χ4n) is 2.26. The number of sulfonamides is 1. The molecule has 21 heavy (non-hydrogen) atoms. The van der Waals surface area contributed by atoms with Crippen LogP contribution in [-0.2, 0) is 14.8 Å². The summed E-state index contributed by atoms with van der Waals surface area (Å²) in [5.41, 5.74) is 8.67. The fraction of sp³-hybridized carbons (Fsp3) is 0.600. The summed E-state index contributed by atoms with van der Waals surface area (Å²) in [6, 6.07) is 1.80. The van der Waals surface area contributed by atoms with Crippen molar-refractivity contribution in [2.45, 2.75) is 45.4 Å². The number of hydrogen-bond acceptors (Lipinski definition) is 4. The molecular weight excluding hydrogens is 288 g/mol. The second kappa shape index (κ2) is 7.77. The van der Waals surface area contributed by atoms with Crippen molar-refractivity contribution in [3.63, 3.8) is 0 Å². The summed E-state index contributed by atoms with van der Waals surface area (Å²) in [5.74, 6) is 0. The zero-order chi connectivity index (χ0) is 16.0. The first-order valence-corrected chi connectivity index (χ1v) is 8.73. The average Bonchev–Trinajstić information content (AvgIpc) is 2.40. The molecule has 0 radical (unpaired) electrons. The predicted octanol–water partition coefficient (Wildman–Crippen LogP) is 2.29. The van der Waals surface area contributed by atoms with Gasteiger partial charge in [0.2, 0.25) is 10.0 Å². The van der Waals surface area contributed by atoms with Crippen molar-refractivity contribution in [3.05, 3.63) is 22.8 Å². The molecule has 1 aromatic rings. The van der Waals surface area contributed by atoms with Gasteiger partial charge in [-0.05, 0) is 43.9 Å². The summed E-state index contributed by atoms with van der Waals surface area (Å²) in [6.45, 7) is 8.78. The van der Waals surface area contributed by atoms with Crippen LogP contribution in [0.15, 0.2) is 11.0 Å². The third-order valence-electron chi connectivity index (χ3n) is 3.41. The highest BCUT2D eigenvalue weighted by Crippen LogP contribution is 2.27. The molecule has 0 aliphatic rings. The van der Waals surface area contributed by atoms with Gasteiger partial charge in [-0.25, -0.2) is 13.1 Å². The standard InChI is InChI=1S/C15H26N2O3S/c1-5-6-8-20-9-7-17-21(18,19)15-12(3)10-11(2)14(16)13(15)4/h10,17H,5-9,16H2,1-4H3. The lowest BCUT2D eigenvalue weighted by molar-refractivity contribution is 0.136. The molecule has 0 bridgehead atoms. The summed E-state index contributed by atoms with van der Waals surface area (Å²) in [4.78, 5) is 0.277. The minimum absolute atomic E-state index is 0.263. The van der Waals surface area contributed by atoms with Gasteiger partial charge in [-0.2, -0.15) is 0 Å². The van der Waals surface area contributed by atoms with E-state index in [0.29, 0.717) is 30.0 Å². The third kappa shape index (κ3) is 4.69. The van der Waals surface area contributed by atoms with Crippen LogP contribution in [0.3, 0.4) is 0 Å². The van der Waals surface area contributed by atoms with Crippen molar-refractivity contribution >= 4 is 15.7 Å². The van der Waals surface area contributed by atoms with Crippen LogP contribution in [0.25, 0.3) is 0 Å². The van der Waals surface area contributed by atoms with Crippen molar-refractivity contribution in [3.8, 4) is 0 Å². The number of nitrogen functional groups attached to an aromatic ring is 1. The van der Waals surface area contributed by atoms with Gasteiger partial charge in [0, 0.05) is 18.8 Å². The highest BCUT2D eigenvalue weighted by atomic mass is 32.2. The molecular formula is C15H26N2O3S. The van der Waals surface area contributed by atoms with Crippen molar-refractivity contribution in [2.75, 3.05) is 25.5 Å². The Morgan fingerprint density at radius 3 is 2.48 bits per heavy atom. The molecule has 0 fully saturated rings. The van der Waals surface area contributed by atoms with Crippen LogP contribution in [0.1, 0.15) is 36.5 Å². The van der Waals surface area contributed by atoms with Gasteiger partial charge in [0.1, 0.15) is 0 Å². The maximum atomic E-state index is 12.4. The molecule has 0 unspecified atom stereocenters. The maximum absolute atomic E-state index is 12.4. The van der Waals surface area contributed by atoms with E-state index in [9.17, 15) is 8.42 Å². The van der Waals surface area contributed by atoms with Crippen LogP contribution in [-0.4, -0.2) is 28.2 Å². The molecule has 0 saturated heterocycles. The van der Waals surface area contributed by atoms with E-state index in [1.165, 1.54) is 0 Å². The van der Waals surface area contributed by atoms with Gasteiger partial charge in [-0.3, -0.25) is 0 Å². The number of ether oxygens (including phenoxy) is 1. The van der Waals surface area contributed by atoms with Crippen LogP contribution >= 0.6 is 0 Å². The monoisotopic (exact) mass is 314 g/mol. The summed E-state index contributed by atoms with van der Waals surface area (Å²) in [5, 5.41) is 0. The molecule has 1 aromatic carbocycles. The number of unbranched alkanes of at least 4 members (excludes halogenated alkanes) is 1. The zero-order valence-electron chi connectivity index (χ0n) is 13.3. The van der Waals surface area contributed by atoms with Crippen LogP contribution in [0.5, 0.6) is 0 Å². The van der Waals surface area contributed by atoms with Crippen LogP contribution in [0.2, 0.25) is 0 Å². The van der Waals surface area contributed by atoms with E-state index in [4.69, 9.17) is 10.5 Å². The predicted molar refractivity (Wildman–Crippen MR) is 86.0 cm³/mol. The number of benzene rings is 1. The van der Waals surface area contributed by atoms with Gasteiger partial charge in [-0.15, -0.1) is 0 Å². The third-order valence-corrected chi connectivity index (χ3v) is 5.16. The molecule has 0 spiro atoms. The topological polar surface area (TPSA) is 81.4 Å². The summed E-state index contributed by atoms with van der Waals surface area (Å²) in [6.07, 6.45) is 2.05. The Bertz CT molecular complexity index is 583. The first-order valence-electron chi connectivity index (χ1n) is 7.25. The van der Waals surface area contributed by atoms with Crippen molar-refractivity contribution < 1.29 is 13.2 Å². The van der Waals surface area contributed by atoms with Gasteiger partial charge < -0.3 is 10.5 Å². The van der Waals surface area contributed by atoms with E-state index in [2.05, 4.69) is 11.6 Å². The van der Waals surface area contributed by atoms with E-state index in [0.717, 1.165) is 18.4 Å². The molecule has 0 amide bonds. The molecule has 0 atom stereocenters. The zero-order valence-corrected chi connectivity index (χ0v) is 14.1. The second-order valence-corrected chi connectivity index (χ2v) is 6.95. The molecule has 0 aromatic heterocycles. The molecule has 0 saturated carbocycles. The van der Waals surface area contributed by atoms with Gasteiger partial charge in [-0.1, -0.05) is 19.4 Å². The largest absolute Gasteiger partial charge is 0.398 e. The van der Waals surface area contributed by atoms with E-state index >= 15 is 0 Å². The molecule has 5 nitrogen and oxygen atoms in total. The van der Waals surface area contributed by atoms with E-state index < -0.39 is 10.0 Å². The minimum atomic E-state index is -3.56. The lowest BCUT2D eigenvalue weighted by Gasteiger charge is -2.15. The smallest absolute Gasteiger partial charge is 0.241 e. The number of aryl methyl sites for hydroxylation is 2. The average molecular weight is 314 g/mol. The normalized spacial score (nSPS) is 11.8. The van der Waals surface area contributed by atoms with Crippen LogP contribution in [0.4, 0.5) is 5.69 Å². The Kier molecular flexibility index (Phi) is 6.64. The number of rotatable bonds is 8. The number of nitrogens with two attached hydrogens (primary N) is 1. The first kappa shape index (κ1) is 17.9. The molecule has 3 N–H and O–H groups in total. The van der Waals surface area contributed by atoms with Gasteiger partial charge >= 0.3 is 0 Å². The Balaban J connectivity index is 2.78. The van der Waals surface area contributed by atoms with Crippen molar-refractivity contribution in [1.29, 1.82) is 0 Å². The number of hydrogen-bond donors (Lipinski definition) is 2. The molecule has 120 valence electrons. The van der Waals surface area contributed by atoms with Crippen LogP contribution < -0.4 is 10.5 Å². The Morgan fingerprint density at radius 1 is 1.19 bits per heavy atom. The van der Waals surface area contributed by atoms with Crippen molar-refractivity contribution in [2.24, 2.45) is 0 Å². The fourth-order valence-corrected chi connectivity index (χ4v) is 3.76. The first-order chi connectivity index (χ1) is 9.81. The van der Waals surface area contributed by atoms with E-state index in [1.54, 1.807) is 19.9 Å². The van der Waals surface area contributed by atoms with Gasteiger partial charge in [0.15, 0.2) is 0 Å². The second-order valence-electron chi connectivity index (χ2n) is 5.24. The number of nitrogens with one attached hydrogen (secondary N) is 1. The van der Waals surface area contributed by atoms with Gasteiger partial charge in [0.25, 0.3) is 0 Å². The van der Waals surface area contributed by atoms with Gasteiger partial charge in [0.05, 0.1) is 11.5 Å². The lowest BCUT2D eigenvalue weighted by atomic mass is 10.1. The lowest BCUT2D eigenvalue weighted by Crippen LogP contribution is -2.29. The highest BCUT2D eigenvalue weighted by Gasteiger charge is 2.21.